The van der Waals surface area contributed by atoms with Crippen molar-refractivity contribution in [2.75, 3.05) is 13.2 Å². The second-order valence-corrected chi connectivity index (χ2v) is 1.78. The van der Waals surface area contributed by atoms with Gasteiger partial charge in [0, 0.05) is 6.08 Å². The predicted molar refractivity (Wildman–Crippen MR) is 35.6 cm³/mol. The molecule has 0 radical (unpaired) electrons. The molecule has 3 nitrogen and oxygen atoms in total. The van der Waals surface area contributed by atoms with E-state index in [4.69, 9.17) is 11.3 Å². The SMILES string of the molecule is C#CCON1CC=CC1=O. The predicted octanol–water partition coefficient (Wildman–Crippen LogP) is -0.0504. The van der Waals surface area contributed by atoms with Crippen molar-refractivity contribution in [3.8, 4) is 12.3 Å². The Balaban J connectivity index is 2.32. The Kier molecular flexibility index (Phi) is 2.08. The molecule has 0 aromatic heterocycles. The quantitative estimate of drug-likeness (QED) is 0.499. The number of nitrogens with zero attached hydrogens (tertiary/aromatic N) is 1. The molecule has 0 aromatic carbocycles. The van der Waals surface area contributed by atoms with E-state index in [-0.39, 0.29) is 12.5 Å². The molecule has 52 valence electrons. The summed E-state index contributed by atoms with van der Waals surface area (Å²) in [5, 5.41) is 1.22. The number of carbonyl (C=O) groups is 1. The lowest BCUT2D eigenvalue weighted by Crippen LogP contribution is -2.25. The fourth-order valence-corrected chi connectivity index (χ4v) is 0.654. The molecule has 0 aromatic rings. The Bertz CT molecular complexity index is 202. The third-order valence-electron chi connectivity index (χ3n) is 1.08. The molecule has 1 aliphatic heterocycles. The molecule has 3 heteroatoms. The number of hydroxylamine groups is 2. The van der Waals surface area contributed by atoms with Crippen LogP contribution in [0.3, 0.4) is 0 Å². The molecule has 0 fully saturated rings. The number of hydrogen-bond donors (Lipinski definition) is 0. The minimum Gasteiger partial charge on any atom is -0.267 e. The Morgan fingerprint density at radius 1 is 1.90 bits per heavy atom. The smallest absolute Gasteiger partial charge is 0.267 e. The first-order valence-electron chi connectivity index (χ1n) is 2.89. The molecule has 0 N–H and O–H groups in total. The number of amides is 1. The summed E-state index contributed by atoms with van der Waals surface area (Å²) in [7, 11) is 0. The van der Waals surface area contributed by atoms with E-state index in [0.717, 1.165) is 0 Å². The molecule has 0 unspecified atom stereocenters. The summed E-state index contributed by atoms with van der Waals surface area (Å²) < 4.78 is 0. The van der Waals surface area contributed by atoms with Gasteiger partial charge >= 0.3 is 0 Å². The largest absolute Gasteiger partial charge is 0.270 e. The monoisotopic (exact) mass is 137 g/mol. The van der Waals surface area contributed by atoms with Crippen molar-refractivity contribution >= 4 is 5.91 Å². The Morgan fingerprint density at radius 3 is 3.20 bits per heavy atom. The van der Waals surface area contributed by atoms with Gasteiger partial charge in [0.1, 0.15) is 6.61 Å². The minimum atomic E-state index is -0.143. The van der Waals surface area contributed by atoms with Crippen LogP contribution in [0.15, 0.2) is 12.2 Å². The normalized spacial score (nSPS) is 15.9. The average Bonchev–Trinajstić information content (AvgIpc) is 2.31. The molecule has 0 saturated heterocycles. The van der Waals surface area contributed by atoms with Gasteiger partial charge in [-0.25, -0.2) is 5.06 Å². The van der Waals surface area contributed by atoms with Gasteiger partial charge in [-0.15, -0.1) is 6.42 Å². The van der Waals surface area contributed by atoms with Crippen molar-refractivity contribution in [2.45, 2.75) is 0 Å². The molecule has 0 atom stereocenters. The van der Waals surface area contributed by atoms with Crippen LogP contribution in [0.5, 0.6) is 0 Å². The van der Waals surface area contributed by atoms with E-state index in [0.29, 0.717) is 6.54 Å². The lowest BCUT2D eigenvalue weighted by molar-refractivity contribution is -0.169. The molecule has 1 aliphatic rings. The Hall–Kier alpha value is -1.27. The maximum Gasteiger partial charge on any atom is 0.270 e. The zero-order chi connectivity index (χ0) is 7.40. The summed E-state index contributed by atoms with van der Waals surface area (Å²) in [6.07, 6.45) is 8.09. The Morgan fingerprint density at radius 2 is 2.70 bits per heavy atom. The van der Waals surface area contributed by atoms with E-state index in [1.165, 1.54) is 11.1 Å². The first-order valence-corrected chi connectivity index (χ1v) is 2.89. The first-order chi connectivity index (χ1) is 4.84. The lowest BCUT2D eigenvalue weighted by Gasteiger charge is -2.11. The Labute approximate surface area is 59.2 Å². The molecule has 0 saturated carbocycles. The van der Waals surface area contributed by atoms with Gasteiger partial charge < -0.3 is 0 Å². The third-order valence-corrected chi connectivity index (χ3v) is 1.08. The second kappa shape index (κ2) is 3.04. The molecule has 1 rings (SSSR count). The summed E-state index contributed by atoms with van der Waals surface area (Å²) in [5.41, 5.74) is 0. The van der Waals surface area contributed by atoms with Crippen molar-refractivity contribution in [1.82, 2.24) is 5.06 Å². The van der Waals surface area contributed by atoms with Crippen molar-refractivity contribution in [1.29, 1.82) is 0 Å². The summed E-state index contributed by atoms with van der Waals surface area (Å²) >= 11 is 0. The van der Waals surface area contributed by atoms with Gasteiger partial charge in [-0.05, 0) is 0 Å². The number of carbonyl (C=O) groups excluding carboxylic acids is 1. The maximum atomic E-state index is 10.7. The summed E-state index contributed by atoms with van der Waals surface area (Å²) in [6, 6.07) is 0. The minimum absolute atomic E-state index is 0.143. The van der Waals surface area contributed by atoms with Gasteiger partial charge in [-0.2, -0.15) is 0 Å². The molecule has 0 bridgehead atoms. The number of rotatable bonds is 2. The van der Waals surface area contributed by atoms with Crippen LogP contribution in [0.1, 0.15) is 0 Å². The second-order valence-electron chi connectivity index (χ2n) is 1.78. The highest BCUT2D eigenvalue weighted by molar-refractivity contribution is 5.89. The summed E-state index contributed by atoms with van der Waals surface area (Å²) in [6.45, 7) is 0.647. The molecule has 0 aliphatic carbocycles. The number of hydrogen-bond acceptors (Lipinski definition) is 2. The van der Waals surface area contributed by atoms with Crippen molar-refractivity contribution < 1.29 is 9.63 Å². The topological polar surface area (TPSA) is 29.5 Å². The van der Waals surface area contributed by atoms with E-state index in [1.807, 2.05) is 0 Å². The van der Waals surface area contributed by atoms with Gasteiger partial charge in [0.05, 0.1) is 6.54 Å². The van der Waals surface area contributed by atoms with Crippen LogP contribution >= 0.6 is 0 Å². The van der Waals surface area contributed by atoms with E-state index < -0.39 is 0 Å². The van der Waals surface area contributed by atoms with Gasteiger partial charge in [0.25, 0.3) is 5.91 Å². The van der Waals surface area contributed by atoms with Crippen LogP contribution in [0.25, 0.3) is 0 Å². The fourth-order valence-electron chi connectivity index (χ4n) is 0.654. The molecule has 1 amide bonds. The molecular weight excluding hydrogens is 130 g/mol. The molecule has 0 spiro atoms. The highest BCUT2D eigenvalue weighted by Crippen LogP contribution is 2.00. The van der Waals surface area contributed by atoms with Gasteiger partial charge in [-0.1, -0.05) is 12.0 Å². The van der Waals surface area contributed by atoms with Crippen molar-refractivity contribution in [2.24, 2.45) is 0 Å². The molecular formula is C7H7NO2. The van der Waals surface area contributed by atoms with Crippen LogP contribution in [0.4, 0.5) is 0 Å². The van der Waals surface area contributed by atoms with Crippen molar-refractivity contribution in [3.05, 3.63) is 12.2 Å². The fraction of sp³-hybridized carbons (Fsp3) is 0.286. The van der Waals surface area contributed by atoms with Crippen LogP contribution in [0.2, 0.25) is 0 Å². The number of terminal acetylenes is 1. The van der Waals surface area contributed by atoms with Gasteiger partial charge in [-0.3, -0.25) is 9.63 Å². The maximum absolute atomic E-state index is 10.7. The van der Waals surface area contributed by atoms with Crippen LogP contribution < -0.4 is 0 Å². The lowest BCUT2D eigenvalue weighted by atomic mass is 10.6. The zero-order valence-electron chi connectivity index (χ0n) is 5.41. The van der Waals surface area contributed by atoms with Gasteiger partial charge in [0.2, 0.25) is 0 Å². The standard InChI is InChI=1S/C7H7NO2/c1-2-6-10-8-5-3-4-7(8)9/h1,3-4H,5-6H2. The third kappa shape index (κ3) is 1.36. The highest BCUT2D eigenvalue weighted by atomic mass is 16.7. The van der Waals surface area contributed by atoms with E-state index in [9.17, 15) is 4.79 Å². The van der Waals surface area contributed by atoms with Gasteiger partial charge in [0.15, 0.2) is 0 Å². The van der Waals surface area contributed by atoms with Crippen LogP contribution in [-0.4, -0.2) is 24.1 Å². The molecule has 10 heavy (non-hydrogen) atoms. The molecule has 1 heterocycles. The summed E-state index contributed by atoms with van der Waals surface area (Å²) in [5.74, 6) is 2.13. The zero-order valence-corrected chi connectivity index (χ0v) is 5.41. The van der Waals surface area contributed by atoms with Crippen LogP contribution in [0, 0.1) is 12.3 Å². The van der Waals surface area contributed by atoms with E-state index in [2.05, 4.69) is 5.92 Å². The van der Waals surface area contributed by atoms with E-state index >= 15 is 0 Å². The van der Waals surface area contributed by atoms with Crippen LogP contribution in [-0.2, 0) is 9.63 Å². The first kappa shape index (κ1) is 6.84. The highest BCUT2D eigenvalue weighted by Gasteiger charge is 2.13. The van der Waals surface area contributed by atoms with Crippen molar-refractivity contribution in [3.63, 3.8) is 0 Å². The average molecular weight is 137 g/mol. The summed E-state index contributed by atoms with van der Waals surface area (Å²) in [4.78, 5) is 15.6. The van der Waals surface area contributed by atoms with E-state index in [1.54, 1.807) is 6.08 Å².